The zero-order chi connectivity index (χ0) is 12.6. The van der Waals surface area contributed by atoms with E-state index in [4.69, 9.17) is 16.7 Å². The molecule has 5 heteroatoms. The summed E-state index contributed by atoms with van der Waals surface area (Å²) < 4.78 is 1.83. The number of carboxylic acids is 1. The molecule has 1 aromatic heterocycles. The molecule has 0 fully saturated rings. The molecule has 1 unspecified atom stereocenters. The third-order valence-corrected chi connectivity index (χ3v) is 3.05. The number of aliphatic carboxylic acids is 1. The van der Waals surface area contributed by atoms with Crippen molar-refractivity contribution >= 4 is 28.5 Å². The number of para-hydroxylation sites is 1. The van der Waals surface area contributed by atoms with Crippen LogP contribution >= 0.6 is 11.6 Å². The van der Waals surface area contributed by atoms with Gasteiger partial charge in [0.25, 0.3) is 0 Å². The lowest BCUT2D eigenvalue weighted by Gasteiger charge is -2.03. The maximum Gasteiger partial charge on any atom is 0.337 e. The normalized spacial score (nSPS) is 12.9. The number of aliphatic hydroxyl groups excluding tert-OH is 1. The number of hydrogen-bond acceptors (Lipinski definition) is 2. The quantitative estimate of drug-likeness (QED) is 0.883. The molecule has 0 spiro atoms. The van der Waals surface area contributed by atoms with Crippen molar-refractivity contribution in [1.29, 1.82) is 0 Å². The van der Waals surface area contributed by atoms with Crippen molar-refractivity contribution < 1.29 is 15.0 Å². The summed E-state index contributed by atoms with van der Waals surface area (Å²) in [7, 11) is 0. The third kappa shape index (κ3) is 1.90. The Balaban J connectivity index is 2.74. The minimum Gasteiger partial charge on any atom is -0.479 e. The lowest BCUT2D eigenvalue weighted by molar-refractivity contribution is -0.146. The van der Waals surface area contributed by atoms with Crippen molar-refractivity contribution in [1.82, 2.24) is 4.57 Å². The fraction of sp³-hybridized carbons (Fsp3) is 0.250. The van der Waals surface area contributed by atoms with E-state index in [0.29, 0.717) is 22.5 Å². The van der Waals surface area contributed by atoms with E-state index in [1.807, 2.05) is 11.5 Å². The molecule has 0 amide bonds. The summed E-state index contributed by atoms with van der Waals surface area (Å²) in [5.74, 6) is -1.26. The van der Waals surface area contributed by atoms with Crippen LogP contribution in [0.2, 0.25) is 5.02 Å². The summed E-state index contributed by atoms with van der Waals surface area (Å²) in [6, 6.07) is 5.24. The second kappa shape index (κ2) is 4.39. The van der Waals surface area contributed by atoms with Crippen molar-refractivity contribution in [2.45, 2.75) is 19.6 Å². The van der Waals surface area contributed by atoms with Crippen LogP contribution in [0.5, 0.6) is 0 Å². The predicted octanol–water partition coefficient (Wildman–Crippen LogP) is 2.43. The largest absolute Gasteiger partial charge is 0.479 e. The van der Waals surface area contributed by atoms with Crippen molar-refractivity contribution in [3.05, 3.63) is 35.0 Å². The molecule has 1 atom stereocenters. The second-order valence-corrected chi connectivity index (χ2v) is 4.15. The van der Waals surface area contributed by atoms with Gasteiger partial charge in [-0.15, -0.1) is 0 Å². The molecule has 4 nitrogen and oxygen atoms in total. The lowest BCUT2D eigenvalue weighted by atomic mass is 10.1. The van der Waals surface area contributed by atoms with Gasteiger partial charge in [0.15, 0.2) is 6.10 Å². The molecule has 2 N–H and O–H groups in total. The Labute approximate surface area is 103 Å². The topological polar surface area (TPSA) is 62.5 Å². The highest BCUT2D eigenvalue weighted by atomic mass is 35.5. The first-order valence-corrected chi connectivity index (χ1v) is 5.62. The number of aliphatic hydroxyl groups is 1. The van der Waals surface area contributed by atoms with Gasteiger partial charge in [0, 0.05) is 23.7 Å². The van der Waals surface area contributed by atoms with E-state index in [1.54, 1.807) is 24.4 Å². The minimum atomic E-state index is -1.52. The Hall–Kier alpha value is -1.52. The summed E-state index contributed by atoms with van der Waals surface area (Å²) in [6.07, 6.45) is 0.110. The maximum absolute atomic E-state index is 10.8. The minimum absolute atomic E-state index is 0.372. The first kappa shape index (κ1) is 12.0. The van der Waals surface area contributed by atoms with E-state index < -0.39 is 12.1 Å². The van der Waals surface area contributed by atoms with Crippen LogP contribution in [0.3, 0.4) is 0 Å². The van der Waals surface area contributed by atoms with Crippen LogP contribution in [0.4, 0.5) is 0 Å². The number of nitrogens with zero attached hydrogens (tertiary/aromatic N) is 1. The number of hydrogen-bond donors (Lipinski definition) is 2. The molecule has 0 bridgehead atoms. The molecule has 0 radical (unpaired) electrons. The standard InChI is InChI=1S/C12H12ClNO3/c1-2-14-6-8(11(15)12(16)17)7-4-3-5-9(13)10(7)14/h3-6,11,15H,2H2,1H3,(H,16,17). The first-order valence-electron chi connectivity index (χ1n) is 5.24. The van der Waals surface area contributed by atoms with Crippen LogP contribution in [0.25, 0.3) is 10.9 Å². The molecule has 2 rings (SSSR count). The Morgan fingerprint density at radius 3 is 2.82 bits per heavy atom. The number of benzene rings is 1. The summed E-state index contributed by atoms with van der Waals surface area (Å²) in [5.41, 5.74) is 1.13. The van der Waals surface area contributed by atoms with Crippen LogP contribution in [0.1, 0.15) is 18.6 Å². The van der Waals surface area contributed by atoms with E-state index in [2.05, 4.69) is 0 Å². The van der Waals surface area contributed by atoms with Crippen LogP contribution < -0.4 is 0 Å². The Bertz CT molecular complexity index is 576. The molecular formula is C12H12ClNO3. The monoisotopic (exact) mass is 253 g/mol. The number of carbonyl (C=O) groups is 1. The van der Waals surface area contributed by atoms with Crippen molar-refractivity contribution in [2.75, 3.05) is 0 Å². The van der Waals surface area contributed by atoms with Crippen molar-refractivity contribution in [3.63, 3.8) is 0 Å². The smallest absolute Gasteiger partial charge is 0.337 e. The van der Waals surface area contributed by atoms with Crippen molar-refractivity contribution in [2.24, 2.45) is 0 Å². The Kier molecular flexibility index (Phi) is 3.09. The van der Waals surface area contributed by atoms with E-state index in [0.717, 1.165) is 5.52 Å². The van der Waals surface area contributed by atoms with E-state index >= 15 is 0 Å². The number of halogens is 1. The number of rotatable bonds is 3. The van der Waals surface area contributed by atoms with Crippen LogP contribution in [0, 0.1) is 0 Å². The average Bonchev–Trinajstić information content (AvgIpc) is 2.68. The number of aromatic nitrogens is 1. The van der Waals surface area contributed by atoms with Crippen LogP contribution in [-0.2, 0) is 11.3 Å². The Morgan fingerprint density at radius 2 is 2.24 bits per heavy atom. The van der Waals surface area contributed by atoms with Gasteiger partial charge >= 0.3 is 5.97 Å². The Morgan fingerprint density at radius 1 is 1.53 bits per heavy atom. The van der Waals surface area contributed by atoms with Gasteiger partial charge in [0.1, 0.15) is 0 Å². The zero-order valence-corrected chi connectivity index (χ0v) is 9.98. The van der Waals surface area contributed by atoms with Crippen LogP contribution in [0.15, 0.2) is 24.4 Å². The highest BCUT2D eigenvalue weighted by Gasteiger charge is 2.22. The van der Waals surface area contributed by atoms with Gasteiger partial charge in [0.2, 0.25) is 0 Å². The molecule has 2 aromatic rings. The average molecular weight is 254 g/mol. The molecule has 0 aliphatic rings. The second-order valence-electron chi connectivity index (χ2n) is 3.75. The SMILES string of the molecule is CCn1cc(C(O)C(=O)O)c2cccc(Cl)c21. The fourth-order valence-corrected chi connectivity index (χ4v) is 2.23. The van der Waals surface area contributed by atoms with Gasteiger partial charge < -0.3 is 14.8 Å². The molecule has 1 heterocycles. The van der Waals surface area contributed by atoms with Gasteiger partial charge in [-0.3, -0.25) is 0 Å². The summed E-state index contributed by atoms with van der Waals surface area (Å²) >= 11 is 6.09. The highest BCUT2D eigenvalue weighted by molar-refractivity contribution is 6.35. The lowest BCUT2D eigenvalue weighted by Crippen LogP contribution is -2.09. The zero-order valence-electron chi connectivity index (χ0n) is 9.22. The molecule has 0 aliphatic carbocycles. The number of carboxylic acid groups (broad SMARTS) is 1. The van der Waals surface area contributed by atoms with E-state index in [1.165, 1.54) is 0 Å². The molecule has 0 saturated heterocycles. The molecular weight excluding hydrogens is 242 g/mol. The predicted molar refractivity (Wildman–Crippen MR) is 65.2 cm³/mol. The van der Waals surface area contributed by atoms with Gasteiger partial charge in [-0.05, 0) is 13.0 Å². The summed E-state index contributed by atoms with van der Waals surface area (Å²) in [5, 5.41) is 19.7. The number of aryl methyl sites for hydroxylation is 1. The van der Waals surface area contributed by atoms with Crippen molar-refractivity contribution in [3.8, 4) is 0 Å². The third-order valence-electron chi connectivity index (χ3n) is 2.75. The van der Waals surface area contributed by atoms with E-state index in [-0.39, 0.29) is 0 Å². The van der Waals surface area contributed by atoms with E-state index in [9.17, 15) is 9.90 Å². The summed E-state index contributed by atoms with van der Waals surface area (Å²) in [4.78, 5) is 10.8. The number of fused-ring (bicyclic) bond motifs is 1. The van der Waals surface area contributed by atoms with Gasteiger partial charge in [-0.25, -0.2) is 4.79 Å². The molecule has 17 heavy (non-hydrogen) atoms. The molecule has 0 saturated carbocycles. The van der Waals surface area contributed by atoms with Gasteiger partial charge in [0.05, 0.1) is 10.5 Å². The highest BCUT2D eigenvalue weighted by Crippen LogP contribution is 2.31. The molecule has 1 aromatic carbocycles. The van der Waals surface area contributed by atoms with Gasteiger partial charge in [-0.2, -0.15) is 0 Å². The maximum atomic E-state index is 10.8. The molecule has 90 valence electrons. The molecule has 0 aliphatic heterocycles. The summed E-state index contributed by atoms with van der Waals surface area (Å²) in [6.45, 7) is 2.59. The fourth-order valence-electron chi connectivity index (χ4n) is 1.94. The first-order chi connectivity index (χ1) is 8.06. The van der Waals surface area contributed by atoms with Gasteiger partial charge in [-0.1, -0.05) is 23.7 Å². The van der Waals surface area contributed by atoms with Crippen LogP contribution in [-0.4, -0.2) is 20.7 Å².